The van der Waals surface area contributed by atoms with Crippen LogP contribution < -0.4 is 10.2 Å². The highest BCUT2D eigenvalue weighted by atomic mass is 19.3. The highest BCUT2D eigenvalue weighted by Crippen LogP contribution is 2.18. The highest BCUT2D eigenvalue weighted by Gasteiger charge is 2.06. The Bertz CT molecular complexity index is 718. The number of non-ortho nitro benzene ring substituents is 1. The molecule has 0 aliphatic rings. The summed E-state index contributed by atoms with van der Waals surface area (Å²) in [6.07, 6.45) is 0. The molecule has 23 heavy (non-hydrogen) atoms. The quantitative estimate of drug-likeness (QED) is 0.495. The fourth-order valence-corrected chi connectivity index (χ4v) is 1.78. The molecule has 120 valence electrons. The van der Waals surface area contributed by atoms with Crippen molar-refractivity contribution < 1.29 is 18.4 Å². The third-order valence-electron chi connectivity index (χ3n) is 2.91. The van der Waals surface area contributed by atoms with Crippen LogP contribution in [0.2, 0.25) is 0 Å². The lowest BCUT2D eigenvalue weighted by atomic mass is 10.1. The van der Waals surface area contributed by atoms with Gasteiger partial charge in [0.15, 0.2) is 0 Å². The Kier molecular flexibility index (Phi) is 5.19. The first-order chi connectivity index (χ1) is 11.0. The van der Waals surface area contributed by atoms with Crippen molar-refractivity contribution in [2.75, 3.05) is 5.43 Å². The van der Waals surface area contributed by atoms with Gasteiger partial charge in [0.25, 0.3) is 5.69 Å². The van der Waals surface area contributed by atoms with Crippen molar-refractivity contribution in [2.45, 2.75) is 13.5 Å². The maximum Gasteiger partial charge on any atom is 0.387 e. The van der Waals surface area contributed by atoms with Crippen LogP contribution in [0.15, 0.2) is 53.6 Å². The molecule has 2 aromatic rings. The maximum absolute atomic E-state index is 12.1. The number of anilines is 1. The average Bonchev–Trinajstić information content (AvgIpc) is 2.53. The molecule has 0 saturated carbocycles. The fourth-order valence-electron chi connectivity index (χ4n) is 1.78. The summed E-state index contributed by atoms with van der Waals surface area (Å²) in [5.41, 5.74) is 4.42. The lowest BCUT2D eigenvalue weighted by Crippen LogP contribution is -2.03. The van der Waals surface area contributed by atoms with Gasteiger partial charge >= 0.3 is 6.61 Å². The van der Waals surface area contributed by atoms with Gasteiger partial charge in [-0.2, -0.15) is 13.9 Å². The van der Waals surface area contributed by atoms with E-state index in [1.165, 1.54) is 24.3 Å². The van der Waals surface area contributed by atoms with Gasteiger partial charge in [-0.3, -0.25) is 15.5 Å². The molecule has 2 aromatic carbocycles. The number of nitro benzene ring substituents is 1. The third-order valence-corrected chi connectivity index (χ3v) is 2.91. The molecule has 0 saturated heterocycles. The largest absolute Gasteiger partial charge is 0.435 e. The molecule has 2 rings (SSSR count). The standard InChI is InChI=1S/C15H13F2N3O3/c1-10(11-5-7-14(8-6-11)23-15(16)17)18-19-12-3-2-4-13(9-12)20(21)22/h2-9,15,19H,1H3. The summed E-state index contributed by atoms with van der Waals surface area (Å²) in [5.74, 6) is 0.0585. The van der Waals surface area contributed by atoms with Crippen LogP contribution in [0.3, 0.4) is 0 Å². The summed E-state index contributed by atoms with van der Waals surface area (Å²) in [6.45, 7) is -1.15. The molecule has 0 spiro atoms. The monoisotopic (exact) mass is 321 g/mol. The maximum atomic E-state index is 12.1. The second-order valence-electron chi connectivity index (χ2n) is 4.52. The molecule has 0 aromatic heterocycles. The molecule has 6 nitrogen and oxygen atoms in total. The summed E-state index contributed by atoms with van der Waals surface area (Å²) < 4.78 is 28.4. The summed E-state index contributed by atoms with van der Waals surface area (Å²) in [7, 11) is 0. The summed E-state index contributed by atoms with van der Waals surface area (Å²) in [5, 5.41) is 14.8. The predicted molar refractivity (Wildman–Crippen MR) is 82.0 cm³/mol. The van der Waals surface area contributed by atoms with Crippen LogP contribution >= 0.6 is 0 Å². The van der Waals surface area contributed by atoms with Gasteiger partial charge in [-0.05, 0) is 42.8 Å². The van der Waals surface area contributed by atoms with E-state index in [-0.39, 0.29) is 11.4 Å². The average molecular weight is 321 g/mol. The van der Waals surface area contributed by atoms with Crippen LogP contribution in [-0.2, 0) is 0 Å². The summed E-state index contributed by atoms with van der Waals surface area (Å²) >= 11 is 0. The first-order valence-electron chi connectivity index (χ1n) is 6.55. The fraction of sp³-hybridized carbons (Fsp3) is 0.133. The molecule has 0 unspecified atom stereocenters. The van der Waals surface area contributed by atoms with Gasteiger partial charge in [-0.15, -0.1) is 0 Å². The Balaban J connectivity index is 2.07. The number of rotatable bonds is 6. The molecular weight excluding hydrogens is 308 g/mol. The van der Waals surface area contributed by atoms with E-state index in [4.69, 9.17) is 0 Å². The van der Waals surface area contributed by atoms with E-state index in [9.17, 15) is 18.9 Å². The van der Waals surface area contributed by atoms with Crippen LogP contribution in [-0.4, -0.2) is 17.2 Å². The number of nitrogens with zero attached hydrogens (tertiary/aromatic N) is 2. The number of nitrogens with one attached hydrogen (secondary N) is 1. The Morgan fingerprint density at radius 2 is 1.96 bits per heavy atom. The number of hydrogen-bond donors (Lipinski definition) is 1. The van der Waals surface area contributed by atoms with E-state index in [0.29, 0.717) is 17.0 Å². The molecule has 0 radical (unpaired) electrons. The minimum Gasteiger partial charge on any atom is -0.435 e. The number of benzene rings is 2. The number of hydrazone groups is 1. The van der Waals surface area contributed by atoms with E-state index in [0.717, 1.165) is 0 Å². The molecule has 8 heteroatoms. The van der Waals surface area contributed by atoms with E-state index >= 15 is 0 Å². The van der Waals surface area contributed by atoms with Crippen LogP contribution in [0.5, 0.6) is 5.75 Å². The minimum absolute atomic E-state index is 0.0450. The van der Waals surface area contributed by atoms with Gasteiger partial charge in [0, 0.05) is 12.1 Å². The highest BCUT2D eigenvalue weighted by molar-refractivity contribution is 5.99. The van der Waals surface area contributed by atoms with E-state index in [2.05, 4.69) is 15.3 Å². The number of ether oxygens (including phenoxy) is 1. The van der Waals surface area contributed by atoms with Gasteiger partial charge in [0.1, 0.15) is 5.75 Å². The number of halogens is 2. The smallest absolute Gasteiger partial charge is 0.387 e. The SMILES string of the molecule is CC(=NNc1cccc([N+](=O)[O-])c1)c1ccc(OC(F)F)cc1. The van der Waals surface area contributed by atoms with Gasteiger partial charge < -0.3 is 4.74 Å². The zero-order chi connectivity index (χ0) is 16.8. The molecule has 0 aliphatic heterocycles. The number of hydrogen-bond acceptors (Lipinski definition) is 5. The van der Waals surface area contributed by atoms with Crippen molar-refractivity contribution in [1.82, 2.24) is 0 Å². The molecule has 0 atom stereocenters. The van der Waals surface area contributed by atoms with Gasteiger partial charge in [0.2, 0.25) is 0 Å². The lowest BCUT2D eigenvalue weighted by molar-refractivity contribution is -0.384. The van der Waals surface area contributed by atoms with Crippen molar-refractivity contribution in [2.24, 2.45) is 5.10 Å². The van der Waals surface area contributed by atoms with Crippen LogP contribution in [0.1, 0.15) is 12.5 Å². The Morgan fingerprint density at radius 1 is 1.26 bits per heavy atom. The molecule has 0 fully saturated rings. The van der Waals surface area contributed by atoms with Crippen LogP contribution in [0, 0.1) is 10.1 Å². The zero-order valence-electron chi connectivity index (χ0n) is 12.1. The molecule has 0 bridgehead atoms. The lowest BCUT2D eigenvalue weighted by Gasteiger charge is -2.06. The Morgan fingerprint density at radius 3 is 2.57 bits per heavy atom. The van der Waals surface area contributed by atoms with Gasteiger partial charge in [-0.25, -0.2) is 0 Å². The molecule has 0 heterocycles. The van der Waals surface area contributed by atoms with Crippen molar-refractivity contribution >= 4 is 17.1 Å². The van der Waals surface area contributed by atoms with Crippen molar-refractivity contribution in [3.63, 3.8) is 0 Å². The number of alkyl halides is 2. The van der Waals surface area contributed by atoms with Crippen molar-refractivity contribution in [3.05, 3.63) is 64.2 Å². The van der Waals surface area contributed by atoms with E-state index in [1.54, 1.807) is 31.2 Å². The number of nitro groups is 1. The molecule has 0 aliphatic carbocycles. The molecule has 1 N–H and O–H groups in total. The van der Waals surface area contributed by atoms with Crippen molar-refractivity contribution in [3.8, 4) is 5.75 Å². The third kappa shape index (κ3) is 4.73. The second kappa shape index (κ2) is 7.30. The molecule has 0 amide bonds. The normalized spacial score (nSPS) is 11.4. The van der Waals surface area contributed by atoms with Crippen LogP contribution in [0.4, 0.5) is 20.2 Å². The van der Waals surface area contributed by atoms with Gasteiger partial charge in [-0.1, -0.05) is 6.07 Å². The van der Waals surface area contributed by atoms with E-state index < -0.39 is 11.5 Å². The first kappa shape index (κ1) is 16.3. The van der Waals surface area contributed by atoms with Crippen LogP contribution in [0.25, 0.3) is 0 Å². The minimum atomic E-state index is -2.87. The predicted octanol–water partition coefficient (Wildman–Crippen LogP) is 4.03. The zero-order valence-corrected chi connectivity index (χ0v) is 12.1. The Labute approximate surface area is 130 Å². The topological polar surface area (TPSA) is 76.8 Å². The molecular formula is C15H13F2N3O3. The Hall–Kier alpha value is -3.03. The summed E-state index contributed by atoms with van der Waals surface area (Å²) in [4.78, 5) is 10.2. The second-order valence-corrected chi connectivity index (χ2v) is 4.52. The van der Waals surface area contributed by atoms with Crippen molar-refractivity contribution in [1.29, 1.82) is 0 Å². The first-order valence-corrected chi connectivity index (χ1v) is 6.55. The summed E-state index contributed by atoms with van der Waals surface area (Å²) in [6, 6.07) is 11.9. The van der Waals surface area contributed by atoms with E-state index in [1.807, 2.05) is 0 Å². The van der Waals surface area contributed by atoms with Gasteiger partial charge in [0.05, 0.1) is 16.3 Å².